The molecule has 0 radical (unpaired) electrons. The van der Waals surface area contributed by atoms with Crippen LogP contribution in [0.15, 0.2) is 18.2 Å². The van der Waals surface area contributed by atoms with E-state index >= 15 is 0 Å². The molecule has 1 unspecified atom stereocenters. The summed E-state index contributed by atoms with van der Waals surface area (Å²) in [7, 11) is 1.47. The van der Waals surface area contributed by atoms with Gasteiger partial charge in [0.2, 0.25) is 0 Å². The van der Waals surface area contributed by atoms with Crippen molar-refractivity contribution in [2.24, 2.45) is 5.73 Å². The Morgan fingerprint density at radius 2 is 2.16 bits per heavy atom. The standard InChI is InChI=1S/C11H14FN3O3.ClH/c1-7(6-13)14(2)11(16)9-5-8(12)3-4-10(9)15(17)18;/h3-5,7H,6,13H2,1-2H3;1H. The summed E-state index contributed by atoms with van der Waals surface area (Å²) in [6, 6.07) is 2.49. The summed E-state index contributed by atoms with van der Waals surface area (Å²) >= 11 is 0. The van der Waals surface area contributed by atoms with Crippen LogP contribution in [0.25, 0.3) is 0 Å². The molecule has 0 heterocycles. The number of nitrogens with zero attached hydrogens (tertiary/aromatic N) is 2. The molecule has 0 aromatic heterocycles. The lowest BCUT2D eigenvalue weighted by molar-refractivity contribution is -0.385. The lowest BCUT2D eigenvalue weighted by atomic mass is 10.1. The van der Waals surface area contributed by atoms with Gasteiger partial charge in [-0.25, -0.2) is 4.39 Å². The third kappa shape index (κ3) is 3.87. The van der Waals surface area contributed by atoms with Crippen molar-refractivity contribution in [3.05, 3.63) is 39.7 Å². The molecule has 0 saturated carbocycles. The number of nitro benzene ring substituents is 1. The molecular formula is C11H15ClFN3O3. The van der Waals surface area contributed by atoms with E-state index in [-0.39, 0.29) is 30.6 Å². The normalized spacial score (nSPS) is 11.4. The van der Waals surface area contributed by atoms with Gasteiger partial charge in [-0.3, -0.25) is 14.9 Å². The number of nitrogens with two attached hydrogens (primary N) is 1. The molecule has 6 nitrogen and oxygen atoms in total. The Bertz CT molecular complexity index is 484. The lowest BCUT2D eigenvalue weighted by Gasteiger charge is -2.23. The van der Waals surface area contributed by atoms with Crippen LogP contribution in [-0.2, 0) is 0 Å². The minimum Gasteiger partial charge on any atom is -0.338 e. The van der Waals surface area contributed by atoms with E-state index in [1.807, 2.05) is 0 Å². The fourth-order valence-electron chi connectivity index (χ4n) is 1.39. The van der Waals surface area contributed by atoms with Crippen molar-refractivity contribution in [3.63, 3.8) is 0 Å². The summed E-state index contributed by atoms with van der Waals surface area (Å²) in [5, 5.41) is 10.8. The zero-order valence-electron chi connectivity index (χ0n) is 10.5. The fourth-order valence-corrected chi connectivity index (χ4v) is 1.39. The SMILES string of the molecule is CC(CN)N(C)C(=O)c1cc(F)ccc1[N+](=O)[O-].Cl. The second-order valence-corrected chi connectivity index (χ2v) is 3.92. The molecular weight excluding hydrogens is 277 g/mol. The van der Waals surface area contributed by atoms with Crippen LogP contribution in [0.1, 0.15) is 17.3 Å². The highest BCUT2D eigenvalue weighted by molar-refractivity contribution is 5.98. The maximum absolute atomic E-state index is 13.1. The molecule has 8 heteroatoms. The second kappa shape index (κ2) is 7.01. The Morgan fingerprint density at radius 1 is 1.58 bits per heavy atom. The molecule has 0 aliphatic carbocycles. The predicted molar refractivity (Wildman–Crippen MR) is 70.9 cm³/mol. The summed E-state index contributed by atoms with van der Waals surface area (Å²) in [6.07, 6.45) is 0. The van der Waals surface area contributed by atoms with Crippen LogP contribution < -0.4 is 5.73 Å². The van der Waals surface area contributed by atoms with E-state index in [4.69, 9.17) is 5.73 Å². The van der Waals surface area contributed by atoms with Gasteiger partial charge in [0.15, 0.2) is 0 Å². The first-order valence-corrected chi connectivity index (χ1v) is 5.29. The number of halogens is 2. The molecule has 1 aromatic carbocycles. The maximum Gasteiger partial charge on any atom is 0.282 e. The Kier molecular flexibility index (Phi) is 6.37. The molecule has 1 rings (SSSR count). The molecule has 0 bridgehead atoms. The number of likely N-dealkylation sites (N-methyl/N-ethyl adjacent to an activating group) is 1. The Morgan fingerprint density at radius 3 is 2.63 bits per heavy atom. The topological polar surface area (TPSA) is 89.5 Å². The highest BCUT2D eigenvalue weighted by Crippen LogP contribution is 2.21. The van der Waals surface area contributed by atoms with Crippen molar-refractivity contribution in [2.75, 3.05) is 13.6 Å². The lowest BCUT2D eigenvalue weighted by Crippen LogP contribution is -2.40. The summed E-state index contributed by atoms with van der Waals surface area (Å²) < 4.78 is 13.1. The first-order valence-electron chi connectivity index (χ1n) is 5.29. The molecule has 19 heavy (non-hydrogen) atoms. The van der Waals surface area contributed by atoms with Gasteiger partial charge in [0.1, 0.15) is 11.4 Å². The van der Waals surface area contributed by atoms with E-state index in [0.717, 1.165) is 18.2 Å². The Hall–Kier alpha value is -1.73. The van der Waals surface area contributed by atoms with Crippen LogP contribution in [-0.4, -0.2) is 35.4 Å². The predicted octanol–water partition coefficient (Wildman–Crippen LogP) is 1.57. The zero-order valence-corrected chi connectivity index (χ0v) is 11.3. The third-order valence-electron chi connectivity index (χ3n) is 2.71. The van der Waals surface area contributed by atoms with Crippen molar-refractivity contribution >= 4 is 24.0 Å². The van der Waals surface area contributed by atoms with E-state index in [9.17, 15) is 19.3 Å². The highest BCUT2D eigenvalue weighted by Gasteiger charge is 2.25. The number of hydrogen-bond acceptors (Lipinski definition) is 4. The molecule has 0 saturated heterocycles. The van der Waals surface area contributed by atoms with Gasteiger partial charge in [0, 0.05) is 25.7 Å². The molecule has 2 N–H and O–H groups in total. The molecule has 1 atom stereocenters. The van der Waals surface area contributed by atoms with Gasteiger partial charge < -0.3 is 10.6 Å². The number of carbonyl (C=O) groups excluding carboxylic acids is 1. The van der Waals surface area contributed by atoms with E-state index in [0.29, 0.717) is 0 Å². The molecule has 0 aliphatic rings. The summed E-state index contributed by atoms with van der Waals surface area (Å²) in [5.74, 6) is -1.32. The summed E-state index contributed by atoms with van der Waals surface area (Å²) in [5.41, 5.74) is 4.72. The van der Waals surface area contributed by atoms with Crippen LogP contribution in [0.3, 0.4) is 0 Å². The van der Waals surface area contributed by atoms with Crippen LogP contribution in [0.4, 0.5) is 10.1 Å². The second-order valence-electron chi connectivity index (χ2n) is 3.92. The maximum atomic E-state index is 13.1. The zero-order chi connectivity index (χ0) is 13.9. The van der Waals surface area contributed by atoms with Crippen molar-refractivity contribution in [2.45, 2.75) is 13.0 Å². The van der Waals surface area contributed by atoms with Gasteiger partial charge in [0.05, 0.1) is 4.92 Å². The van der Waals surface area contributed by atoms with Crippen LogP contribution in [0.2, 0.25) is 0 Å². The van der Waals surface area contributed by atoms with Crippen molar-refractivity contribution in [1.82, 2.24) is 4.90 Å². The van der Waals surface area contributed by atoms with Gasteiger partial charge in [-0.2, -0.15) is 0 Å². The molecule has 1 aromatic rings. The van der Waals surface area contributed by atoms with Crippen LogP contribution >= 0.6 is 12.4 Å². The summed E-state index contributed by atoms with van der Waals surface area (Å²) in [4.78, 5) is 23.3. The van der Waals surface area contributed by atoms with Gasteiger partial charge in [-0.1, -0.05) is 0 Å². The number of carbonyl (C=O) groups is 1. The molecule has 1 amide bonds. The average Bonchev–Trinajstić information content (AvgIpc) is 2.35. The number of amides is 1. The number of nitro groups is 1. The quantitative estimate of drug-likeness (QED) is 0.673. The third-order valence-corrected chi connectivity index (χ3v) is 2.71. The fraction of sp³-hybridized carbons (Fsp3) is 0.364. The number of benzene rings is 1. The van der Waals surface area contributed by atoms with Crippen molar-refractivity contribution in [1.29, 1.82) is 0 Å². The minimum absolute atomic E-state index is 0. The van der Waals surface area contributed by atoms with Gasteiger partial charge in [0.25, 0.3) is 11.6 Å². The average molecular weight is 292 g/mol. The Balaban J connectivity index is 0.00000324. The van der Waals surface area contributed by atoms with Crippen LogP contribution in [0, 0.1) is 15.9 Å². The van der Waals surface area contributed by atoms with Crippen molar-refractivity contribution in [3.8, 4) is 0 Å². The Labute approximate surface area is 115 Å². The minimum atomic E-state index is -0.715. The highest BCUT2D eigenvalue weighted by atomic mass is 35.5. The molecule has 0 spiro atoms. The first-order chi connectivity index (χ1) is 8.38. The molecule has 0 fully saturated rings. The van der Waals surface area contributed by atoms with E-state index < -0.39 is 22.3 Å². The monoisotopic (exact) mass is 291 g/mol. The van der Waals surface area contributed by atoms with E-state index in [2.05, 4.69) is 0 Å². The number of rotatable bonds is 4. The van der Waals surface area contributed by atoms with Crippen LogP contribution in [0.5, 0.6) is 0 Å². The van der Waals surface area contributed by atoms with E-state index in [1.165, 1.54) is 11.9 Å². The van der Waals surface area contributed by atoms with Gasteiger partial charge in [-0.05, 0) is 19.1 Å². The van der Waals surface area contributed by atoms with E-state index in [1.54, 1.807) is 6.92 Å². The molecule has 106 valence electrons. The van der Waals surface area contributed by atoms with Crippen molar-refractivity contribution < 1.29 is 14.1 Å². The molecule has 0 aliphatic heterocycles. The largest absolute Gasteiger partial charge is 0.338 e. The number of hydrogen-bond donors (Lipinski definition) is 1. The smallest absolute Gasteiger partial charge is 0.282 e. The first kappa shape index (κ1) is 17.3. The van der Waals surface area contributed by atoms with Gasteiger partial charge in [-0.15, -0.1) is 12.4 Å². The summed E-state index contributed by atoms with van der Waals surface area (Å²) in [6.45, 7) is 1.91. The van der Waals surface area contributed by atoms with Gasteiger partial charge >= 0.3 is 0 Å².